The lowest BCUT2D eigenvalue weighted by atomic mass is 9.96. The third kappa shape index (κ3) is 4.72. The second-order valence-corrected chi connectivity index (χ2v) is 6.28. The molecule has 1 atom stereocenters. The van der Waals surface area contributed by atoms with Crippen molar-refractivity contribution in [3.8, 4) is 0 Å². The van der Waals surface area contributed by atoms with Crippen LogP contribution in [-0.4, -0.2) is 28.8 Å². The highest BCUT2D eigenvalue weighted by Crippen LogP contribution is 2.39. The third-order valence-electron chi connectivity index (χ3n) is 4.10. The fourth-order valence-electron chi connectivity index (χ4n) is 2.91. The Balaban J connectivity index is 2.36. The van der Waals surface area contributed by atoms with Crippen LogP contribution >= 0.6 is 11.6 Å². The zero-order valence-corrected chi connectivity index (χ0v) is 14.7. The normalized spacial score (nSPS) is 17.8. The first-order valence-corrected chi connectivity index (χ1v) is 8.75. The lowest BCUT2D eigenvalue weighted by Gasteiger charge is -2.25. The van der Waals surface area contributed by atoms with Gasteiger partial charge in [-0.1, -0.05) is 37.8 Å². The van der Waals surface area contributed by atoms with E-state index >= 15 is 0 Å². The van der Waals surface area contributed by atoms with E-state index in [-0.39, 0.29) is 29.3 Å². The summed E-state index contributed by atoms with van der Waals surface area (Å²) in [5.41, 5.74) is 0.0881. The molecule has 4 nitrogen and oxygen atoms in total. The number of rotatable bonds is 6. The SMILES string of the molecule is CCOC(c1nc(NC2CCCCC2)nc(CC)c1Cl)C(F)(F)F. The van der Waals surface area contributed by atoms with Crippen molar-refractivity contribution < 1.29 is 17.9 Å². The maximum Gasteiger partial charge on any atom is 0.420 e. The van der Waals surface area contributed by atoms with Gasteiger partial charge >= 0.3 is 6.18 Å². The summed E-state index contributed by atoms with van der Waals surface area (Å²) in [5, 5.41) is 3.10. The van der Waals surface area contributed by atoms with E-state index < -0.39 is 12.3 Å². The molecule has 0 bridgehead atoms. The molecule has 0 spiro atoms. The number of halogens is 4. The zero-order chi connectivity index (χ0) is 17.7. The Morgan fingerprint density at radius 3 is 2.42 bits per heavy atom. The van der Waals surface area contributed by atoms with Gasteiger partial charge in [0.05, 0.1) is 10.7 Å². The average Bonchev–Trinajstić information content (AvgIpc) is 2.54. The Labute approximate surface area is 145 Å². The van der Waals surface area contributed by atoms with Crippen LogP contribution in [-0.2, 0) is 11.2 Å². The third-order valence-corrected chi connectivity index (χ3v) is 4.51. The summed E-state index contributed by atoms with van der Waals surface area (Å²) in [7, 11) is 0. The largest absolute Gasteiger partial charge is 0.420 e. The lowest BCUT2D eigenvalue weighted by Crippen LogP contribution is -2.28. The molecule has 0 saturated heterocycles. The fourth-order valence-corrected chi connectivity index (χ4v) is 3.23. The van der Waals surface area contributed by atoms with Gasteiger partial charge < -0.3 is 10.1 Å². The van der Waals surface area contributed by atoms with E-state index in [0.29, 0.717) is 12.1 Å². The molecule has 0 aliphatic heterocycles. The summed E-state index contributed by atoms with van der Waals surface area (Å²) in [5.74, 6) is 0.201. The zero-order valence-electron chi connectivity index (χ0n) is 13.9. The second-order valence-electron chi connectivity index (χ2n) is 5.90. The van der Waals surface area contributed by atoms with E-state index in [0.717, 1.165) is 25.7 Å². The summed E-state index contributed by atoms with van der Waals surface area (Å²) in [6.07, 6.45) is -0.980. The standard InChI is InChI=1S/C16H23ClF3N3O/c1-3-11-12(17)13(14(24-4-2)16(18,19)20)23-15(22-11)21-10-8-6-5-7-9-10/h10,14H,3-9H2,1-2H3,(H,21,22,23). The molecule has 1 aliphatic rings. The van der Waals surface area contributed by atoms with Gasteiger partial charge in [-0.3, -0.25) is 0 Å². The van der Waals surface area contributed by atoms with E-state index in [1.165, 1.54) is 13.3 Å². The van der Waals surface area contributed by atoms with Crippen LogP contribution in [0.25, 0.3) is 0 Å². The van der Waals surface area contributed by atoms with Crippen LogP contribution in [0.1, 0.15) is 63.4 Å². The highest BCUT2D eigenvalue weighted by Gasteiger charge is 2.44. The molecule has 0 radical (unpaired) electrons. The molecular formula is C16H23ClF3N3O. The molecule has 1 heterocycles. The van der Waals surface area contributed by atoms with Crippen molar-refractivity contribution in [2.45, 2.75) is 70.7 Å². The lowest BCUT2D eigenvalue weighted by molar-refractivity contribution is -0.223. The summed E-state index contributed by atoms with van der Waals surface area (Å²) >= 11 is 6.13. The Kier molecular flexibility index (Phi) is 6.69. The molecular weight excluding hydrogens is 343 g/mol. The van der Waals surface area contributed by atoms with Crippen molar-refractivity contribution in [2.24, 2.45) is 0 Å². The number of hydrogen-bond donors (Lipinski definition) is 1. The molecule has 8 heteroatoms. The number of hydrogen-bond acceptors (Lipinski definition) is 4. The molecule has 0 amide bonds. The molecule has 1 N–H and O–H groups in total. The van der Waals surface area contributed by atoms with Crippen LogP contribution in [0.3, 0.4) is 0 Å². The van der Waals surface area contributed by atoms with Crippen molar-refractivity contribution in [3.05, 3.63) is 16.4 Å². The minimum atomic E-state index is -4.58. The van der Waals surface area contributed by atoms with Gasteiger partial charge in [-0.25, -0.2) is 9.97 Å². The van der Waals surface area contributed by atoms with Gasteiger partial charge in [0.1, 0.15) is 5.69 Å². The summed E-state index contributed by atoms with van der Waals surface area (Å²) < 4.78 is 44.9. The number of aromatic nitrogens is 2. The minimum absolute atomic E-state index is 0.0672. The predicted molar refractivity (Wildman–Crippen MR) is 87.3 cm³/mol. The highest BCUT2D eigenvalue weighted by molar-refractivity contribution is 6.31. The van der Waals surface area contributed by atoms with Crippen LogP contribution in [0.4, 0.5) is 19.1 Å². The van der Waals surface area contributed by atoms with Gasteiger partial charge in [-0.2, -0.15) is 13.2 Å². The summed E-state index contributed by atoms with van der Waals surface area (Å²) in [4.78, 5) is 8.35. The number of nitrogens with one attached hydrogen (secondary N) is 1. The predicted octanol–water partition coefficient (Wildman–Crippen LogP) is 5.08. The first kappa shape index (κ1) is 19.2. The van der Waals surface area contributed by atoms with E-state index in [4.69, 9.17) is 16.3 Å². The van der Waals surface area contributed by atoms with Gasteiger partial charge in [0.15, 0.2) is 6.10 Å². The van der Waals surface area contributed by atoms with E-state index in [1.54, 1.807) is 6.92 Å². The Bertz CT molecular complexity index is 548. The number of alkyl halides is 3. The second kappa shape index (κ2) is 8.34. The first-order valence-electron chi connectivity index (χ1n) is 8.38. The Hall–Kier alpha value is -1.08. The Morgan fingerprint density at radius 1 is 1.21 bits per heavy atom. The van der Waals surface area contributed by atoms with E-state index in [9.17, 15) is 13.2 Å². The maximum atomic E-state index is 13.3. The Morgan fingerprint density at radius 2 is 1.88 bits per heavy atom. The van der Waals surface area contributed by atoms with Crippen LogP contribution in [0.15, 0.2) is 0 Å². The first-order chi connectivity index (χ1) is 11.4. The summed E-state index contributed by atoms with van der Waals surface area (Å²) in [6, 6.07) is 0.189. The molecule has 136 valence electrons. The van der Waals surface area contributed by atoms with E-state index in [2.05, 4.69) is 15.3 Å². The highest BCUT2D eigenvalue weighted by atomic mass is 35.5. The van der Waals surface area contributed by atoms with Crippen molar-refractivity contribution in [3.63, 3.8) is 0 Å². The monoisotopic (exact) mass is 365 g/mol. The summed E-state index contributed by atoms with van der Waals surface area (Å²) in [6.45, 7) is 3.22. The molecule has 1 fully saturated rings. The molecule has 2 rings (SSSR count). The maximum absolute atomic E-state index is 13.3. The van der Waals surface area contributed by atoms with Crippen molar-refractivity contribution in [1.29, 1.82) is 0 Å². The quantitative estimate of drug-likeness (QED) is 0.763. The van der Waals surface area contributed by atoms with Gasteiger partial charge in [0.2, 0.25) is 5.95 Å². The molecule has 1 aliphatic carbocycles. The van der Waals surface area contributed by atoms with Crippen LogP contribution in [0.2, 0.25) is 5.02 Å². The molecule has 1 aromatic heterocycles. The smallest absolute Gasteiger partial charge is 0.363 e. The fraction of sp³-hybridized carbons (Fsp3) is 0.750. The molecule has 1 unspecified atom stereocenters. The number of aryl methyl sites for hydroxylation is 1. The average molecular weight is 366 g/mol. The molecule has 1 saturated carbocycles. The van der Waals surface area contributed by atoms with Crippen molar-refractivity contribution >= 4 is 17.5 Å². The van der Waals surface area contributed by atoms with Crippen LogP contribution in [0, 0.1) is 0 Å². The molecule has 0 aromatic carbocycles. The van der Waals surface area contributed by atoms with Gasteiger partial charge in [-0.15, -0.1) is 0 Å². The number of nitrogens with zero attached hydrogens (tertiary/aromatic N) is 2. The minimum Gasteiger partial charge on any atom is -0.363 e. The number of anilines is 1. The van der Waals surface area contributed by atoms with E-state index in [1.807, 2.05) is 0 Å². The number of ether oxygens (including phenoxy) is 1. The van der Waals surface area contributed by atoms with Crippen LogP contribution < -0.4 is 5.32 Å². The van der Waals surface area contributed by atoms with Gasteiger partial charge in [0, 0.05) is 12.6 Å². The molecule has 24 heavy (non-hydrogen) atoms. The van der Waals surface area contributed by atoms with Crippen molar-refractivity contribution in [2.75, 3.05) is 11.9 Å². The van der Waals surface area contributed by atoms with Crippen LogP contribution in [0.5, 0.6) is 0 Å². The van der Waals surface area contributed by atoms with Gasteiger partial charge in [0.25, 0.3) is 0 Å². The van der Waals surface area contributed by atoms with Gasteiger partial charge in [-0.05, 0) is 26.2 Å². The van der Waals surface area contributed by atoms with Crippen molar-refractivity contribution in [1.82, 2.24) is 9.97 Å². The topological polar surface area (TPSA) is 47.0 Å². The molecule has 1 aromatic rings.